The predicted molar refractivity (Wildman–Crippen MR) is 92.6 cm³/mol. The topological polar surface area (TPSA) is 66.5 Å². The van der Waals surface area contributed by atoms with E-state index >= 15 is 0 Å². The minimum absolute atomic E-state index is 0.0522. The van der Waals surface area contributed by atoms with Crippen LogP contribution in [0.25, 0.3) is 0 Å². The van der Waals surface area contributed by atoms with E-state index in [4.69, 9.17) is 23.2 Å². The molecule has 1 aliphatic heterocycles. The first-order valence-electron chi connectivity index (χ1n) is 7.61. The molecule has 5 nitrogen and oxygen atoms in total. The van der Waals surface area contributed by atoms with Gasteiger partial charge in [-0.05, 0) is 31.0 Å². The van der Waals surface area contributed by atoms with Crippen molar-refractivity contribution >= 4 is 39.1 Å². The first-order valence-corrected chi connectivity index (χ1v) is 9.98. The number of amides is 1. The molecular weight excluding hydrogens is 359 g/mol. The zero-order chi connectivity index (χ0) is 16.9. The molecule has 1 aromatic carbocycles. The van der Waals surface area contributed by atoms with Gasteiger partial charge >= 0.3 is 0 Å². The maximum Gasteiger partial charge on any atom is 0.252 e. The number of hydrogen-bond acceptors (Lipinski definition) is 3. The zero-order valence-corrected chi connectivity index (χ0v) is 15.1. The highest BCUT2D eigenvalue weighted by Crippen LogP contribution is 2.20. The Bertz CT molecular complexity index is 657. The molecule has 1 N–H and O–H groups in total. The Morgan fingerprint density at radius 3 is 2.39 bits per heavy atom. The SMILES string of the molecule is O=C(NCCS(=O)(=O)N1CCCCCC1)c1ccc(Cl)cc1Cl. The van der Waals surface area contributed by atoms with Crippen LogP contribution in [-0.4, -0.2) is 44.0 Å². The van der Waals surface area contributed by atoms with Gasteiger partial charge in [0.15, 0.2) is 0 Å². The fraction of sp³-hybridized carbons (Fsp3) is 0.533. The summed E-state index contributed by atoms with van der Waals surface area (Å²) in [5.74, 6) is -0.512. The summed E-state index contributed by atoms with van der Waals surface area (Å²) in [6.45, 7) is 1.19. The summed E-state index contributed by atoms with van der Waals surface area (Å²) in [6.07, 6.45) is 3.92. The molecule has 23 heavy (non-hydrogen) atoms. The summed E-state index contributed by atoms with van der Waals surface area (Å²) in [6, 6.07) is 4.56. The number of halogens is 2. The van der Waals surface area contributed by atoms with Gasteiger partial charge in [0, 0.05) is 24.7 Å². The van der Waals surface area contributed by atoms with Crippen molar-refractivity contribution in [3.8, 4) is 0 Å². The lowest BCUT2D eigenvalue weighted by Gasteiger charge is -2.19. The van der Waals surface area contributed by atoms with Crippen LogP contribution >= 0.6 is 23.2 Å². The third kappa shape index (κ3) is 5.35. The molecule has 0 unspecified atom stereocenters. The minimum Gasteiger partial charge on any atom is -0.351 e. The first kappa shape index (κ1) is 18.5. The standard InChI is InChI=1S/C15H20Cl2N2O3S/c16-12-5-6-13(14(17)11-12)15(20)18-7-10-23(21,22)19-8-3-1-2-4-9-19/h5-6,11H,1-4,7-10H2,(H,18,20). The smallest absolute Gasteiger partial charge is 0.252 e. The maximum absolute atomic E-state index is 12.3. The number of benzene rings is 1. The molecule has 0 aromatic heterocycles. The summed E-state index contributed by atoms with van der Waals surface area (Å²) in [7, 11) is -3.34. The second-order valence-corrected chi connectivity index (χ2v) is 8.44. The van der Waals surface area contributed by atoms with Crippen molar-refractivity contribution in [2.45, 2.75) is 25.7 Å². The van der Waals surface area contributed by atoms with Gasteiger partial charge in [0.25, 0.3) is 5.91 Å². The van der Waals surface area contributed by atoms with E-state index in [0.29, 0.717) is 18.1 Å². The maximum atomic E-state index is 12.3. The van der Waals surface area contributed by atoms with Crippen molar-refractivity contribution < 1.29 is 13.2 Å². The van der Waals surface area contributed by atoms with Gasteiger partial charge in [-0.1, -0.05) is 36.0 Å². The molecule has 1 saturated heterocycles. The Morgan fingerprint density at radius 1 is 1.13 bits per heavy atom. The van der Waals surface area contributed by atoms with E-state index in [2.05, 4.69) is 5.32 Å². The van der Waals surface area contributed by atoms with Crippen LogP contribution in [0.1, 0.15) is 36.0 Å². The highest BCUT2D eigenvalue weighted by Gasteiger charge is 2.23. The van der Waals surface area contributed by atoms with E-state index in [9.17, 15) is 13.2 Å². The van der Waals surface area contributed by atoms with Crippen LogP contribution in [0.15, 0.2) is 18.2 Å². The quantitative estimate of drug-likeness (QED) is 0.856. The van der Waals surface area contributed by atoms with Crippen molar-refractivity contribution in [2.24, 2.45) is 0 Å². The number of sulfonamides is 1. The number of nitrogens with zero attached hydrogens (tertiary/aromatic N) is 1. The van der Waals surface area contributed by atoms with Crippen LogP contribution in [0.3, 0.4) is 0 Å². The molecular formula is C15H20Cl2N2O3S. The summed E-state index contributed by atoms with van der Waals surface area (Å²) in [4.78, 5) is 12.0. The molecule has 1 fully saturated rings. The monoisotopic (exact) mass is 378 g/mol. The normalized spacial score (nSPS) is 16.8. The Labute approximate surface area is 147 Å². The lowest BCUT2D eigenvalue weighted by molar-refractivity contribution is 0.0956. The van der Waals surface area contributed by atoms with E-state index in [1.54, 1.807) is 6.07 Å². The van der Waals surface area contributed by atoms with Crippen molar-refractivity contribution in [1.29, 1.82) is 0 Å². The van der Waals surface area contributed by atoms with Gasteiger partial charge in [-0.25, -0.2) is 12.7 Å². The van der Waals surface area contributed by atoms with Crippen LogP contribution in [0, 0.1) is 0 Å². The fourth-order valence-corrected chi connectivity index (χ4v) is 4.44. The number of carbonyl (C=O) groups excluding carboxylic acids is 1. The molecule has 0 spiro atoms. The van der Waals surface area contributed by atoms with Gasteiger partial charge in [-0.15, -0.1) is 0 Å². The third-order valence-electron chi connectivity index (χ3n) is 3.78. The summed E-state index contributed by atoms with van der Waals surface area (Å²) < 4.78 is 26.1. The molecule has 0 radical (unpaired) electrons. The molecule has 1 aliphatic rings. The molecule has 0 saturated carbocycles. The predicted octanol–water partition coefficient (Wildman–Crippen LogP) is 2.93. The molecule has 128 valence electrons. The molecule has 0 aliphatic carbocycles. The molecule has 8 heteroatoms. The van der Waals surface area contributed by atoms with E-state index in [1.807, 2.05) is 0 Å². The lowest BCUT2D eigenvalue weighted by Crippen LogP contribution is -2.38. The van der Waals surface area contributed by atoms with E-state index in [-0.39, 0.29) is 22.9 Å². The largest absolute Gasteiger partial charge is 0.351 e. The minimum atomic E-state index is -3.34. The number of carbonyl (C=O) groups is 1. The van der Waals surface area contributed by atoms with Crippen LogP contribution in [0.4, 0.5) is 0 Å². The van der Waals surface area contributed by atoms with Crippen LogP contribution in [-0.2, 0) is 10.0 Å². The molecule has 1 aromatic rings. The molecule has 0 bridgehead atoms. The van der Waals surface area contributed by atoms with Gasteiger partial charge in [-0.2, -0.15) is 0 Å². The van der Waals surface area contributed by atoms with E-state index in [1.165, 1.54) is 16.4 Å². The number of hydrogen-bond donors (Lipinski definition) is 1. The molecule has 2 rings (SSSR count). The molecule has 1 amide bonds. The van der Waals surface area contributed by atoms with Crippen LogP contribution in [0.5, 0.6) is 0 Å². The molecule has 1 heterocycles. The van der Waals surface area contributed by atoms with Crippen LogP contribution < -0.4 is 5.32 Å². The Kier molecular flexibility index (Phi) is 6.71. The highest BCUT2D eigenvalue weighted by atomic mass is 35.5. The zero-order valence-electron chi connectivity index (χ0n) is 12.7. The molecule has 0 atom stereocenters. The first-order chi connectivity index (χ1) is 10.9. The van der Waals surface area contributed by atoms with Gasteiger partial charge in [-0.3, -0.25) is 4.79 Å². The fourth-order valence-electron chi connectivity index (χ4n) is 2.51. The lowest BCUT2D eigenvalue weighted by atomic mass is 10.2. The number of nitrogens with one attached hydrogen (secondary N) is 1. The third-order valence-corrected chi connectivity index (χ3v) is 6.20. The summed E-state index contributed by atoms with van der Waals surface area (Å²) in [5, 5.41) is 3.28. The second kappa shape index (κ2) is 8.33. The van der Waals surface area contributed by atoms with Crippen molar-refractivity contribution in [3.05, 3.63) is 33.8 Å². The summed E-state index contributed by atoms with van der Waals surface area (Å²) in [5.41, 5.74) is 0.281. The van der Waals surface area contributed by atoms with Gasteiger partial charge in [0.2, 0.25) is 10.0 Å². The Balaban J connectivity index is 1.89. The van der Waals surface area contributed by atoms with Gasteiger partial charge < -0.3 is 5.32 Å². The van der Waals surface area contributed by atoms with Crippen molar-refractivity contribution in [2.75, 3.05) is 25.4 Å². The Hall–Kier alpha value is -0.820. The summed E-state index contributed by atoms with van der Waals surface area (Å²) >= 11 is 11.7. The van der Waals surface area contributed by atoms with Crippen molar-refractivity contribution in [1.82, 2.24) is 9.62 Å². The van der Waals surface area contributed by atoms with Crippen LogP contribution in [0.2, 0.25) is 10.0 Å². The van der Waals surface area contributed by atoms with Gasteiger partial charge in [0.05, 0.1) is 16.3 Å². The number of rotatable bonds is 5. The highest BCUT2D eigenvalue weighted by molar-refractivity contribution is 7.89. The second-order valence-electron chi connectivity index (χ2n) is 5.51. The van der Waals surface area contributed by atoms with E-state index in [0.717, 1.165) is 25.7 Å². The van der Waals surface area contributed by atoms with Crippen molar-refractivity contribution in [3.63, 3.8) is 0 Å². The average molecular weight is 379 g/mol. The Morgan fingerprint density at radius 2 is 1.78 bits per heavy atom. The van der Waals surface area contributed by atoms with E-state index < -0.39 is 15.9 Å². The van der Waals surface area contributed by atoms with Gasteiger partial charge in [0.1, 0.15) is 0 Å². The average Bonchev–Trinajstić information content (AvgIpc) is 2.76.